The molecule has 0 saturated carbocycles. The van der Waals surface area contributed by atoms with E-state index in [1.165, 1.54) is 12.1 Å². The van der Waals surface area contributed by atoms with Crippen LogP contribution in [-0.2, 0) is 0 Å². The van der Waals surface area contributed by atoms with Crippen molar-refractivity contribution in [3.63, 3.8) is 0 Å². The lowest BCUT2D eigenvalue weighted by atomic mass is 10.2. The Labute approximate surface area is 152 Å². The number of piperazine rings is 1. The van der Waals surface area contributed by atoms with Crippen molar-refractivity contribution in [3.05, 3.63) is 59.2 Å². The number of hydrogen-bond donors (Lipinski definition) is 1. The van der Waals surface area contributed by atoms with E-state index in [-0.39, 0.29) is 12.4 Å². The molecule has 0 unspecified atom stereocenters. The van der Waals surface area contributed by atoms with Gasteiger partial charge in [-0.25, -0.2) is 26.3 Å². The molecule has 0 bridgehead atoms. The van der Waals surface area contributed by atoms with Crippen LogP contribution in [0.15, 0.2) is 24.3 Å². The molecule has 2 aromatic rings. The van der Waals surface area contributed by atoms with Crippen LogP contribution in [0.1, 0.15) is 0 Å². The fraction of sp³-hybridized carbons (Fsp3) is 0.333. The van der Waals surface area contributed by atoms with Crippen LogP contribution >= 0.6 is 0 Å². The summed E-state index contributed by atoms with van der Waals surface area (Å²) in [5, 5.41) is 2.29. The van der Waals surface area contributed by atoms with Gasteiger partial charge in [-0.2, -0.15) is 0 Å². The van der Waals surface area contributed by atoms with Gasteiger partial charge < -0.3 is 10.2 Å². The molecule has 0 radical (unpaired) electrons. The molecule has 3 rings (SSSR count). The summed E-state index contributed by atoms with van der Waals surface area (Å²) >= 11 is 0. The van der Waals surface area contributed by atoms with E-state index < -0.39 is 34.8 Å². The molecule has 9 heteroatoms. The normalized spacial score (nSPS) is 15.3. The van der Waals surface area contributed by atoms with Gasteiger partial charge in [0.25, 0.3) is 0 Å². The number of hydrogen-bond acceptors (Lipinski definition) is 3. The number of benzene rings is 2. The van der Waals surface area contributed by atoms with Gasteiger partial charge in [0, 0.05) is 45.0 Å². The van der Waals surface area contributed by atoms with Crippen LogP contribution in [-0.4, -0.2) is 44.2 Å². The van der Waals surface area contributed by atoms with Crippen LogP contribution in [0.25, 0.3) is 0 Å². The van der Waals surface area contributed by atoms with Crippen molar-refractivity contribution < 1.29 is 26.3 Å². The molecule has 1 aliphatic heterocycles. The number of anilines is 2. The van der Waals surface area contributed by atoms with Crippen molar-refractivity contribution in [1.29, 1.82) is 0 Å². The molecule has 2 aromatic carbocycles. The minimum Gasteiger partial charge on any atom is -0.379 e. The van der Waals surface area contributed by atoms with E-state index in [1.807, 2.05) is 4.90 Å². The molecule has 0 aromatic heterocycles. The second-order valence-corrected chi connectivity index (χ2v) is 6.18. The molecular weight excluding hydrogens is 372 g/mol. The Kier molecular flexibility index (Phi) is 5.79. The molecule has 27 heavy (non-hydrogen) atoms. The second kappa shape index (κ2) is 8.08. The summed E-state index contributed by atoms with van der Waals surface area (Å²) in [7, 11) is 0. The number of rotatable bonds is 5. The Morgan fingerprint density at radius 1 is 0.704 bits per heavy atom. The Morgan fingerprint density at radius 2 is 1.22 bits per heavy atom. The fourth-order valence-electron chi connectivity index (χ4n) is 2.98. The lowest BCUT2D eigenvalue weighted by Gasteiger charge is -2.36. The van der Waals surface area contributed by atoms with Crippen molar-refractivity contribution in [2.45, 2.75) is 0 Å². The van der Waals surface area contributed by atoms with Crippen molar-refractivity contribution in [3.8, 4) is 0 Å². The first-order valence-electron chi connectivity index (χ1n) is 8.36. The van der Waals surface area contributed by atoms with Crippen molar-refractivity contribution in [2.24, 2.45) is 0 Å². The molecule has 0 spiro atoms. The van der Waals surface area contributed by atoms with Gasteiger partial charge in [0.15, 0.2) is 23.3 Å². The first-order valence-corrected chi connectivity index (χ1v) is 8.36. The first-order chi connectivity index (χ1) is 12.9. The van der Waals surface area contributed by atoms with E-state index in [2.05, 4.69) is 10.2 Å². The Morgan fingerprint density at radius 3 is 1.78 bits per heavy atom. The highest BCUT2D eigenvalue weighted by molar-refractivity contribution is 5.48. The van der Waals surface area contributed by atoms with E-state index in [1.54, 1.807) is 12.1 Å². The fourth-order valence-corrected chi connectivity index (χ4v) is 2.98. The van der Waals surface area contributed by atoms with E-state index in [4.69, 9.17) is 0 Å². The zero-order valence-electron chi connectivity index (χ0n) is 14.2. The summed E-state index contributed by atoms with van der Waals surface area (Å²) in [5.74, 6) is -10.2. The summed E-state index contributed by atoms with van der Waals surface area (Å²) in [4.78, 5) is 4.08. The average Bonchev–Trinajstić information content (AvgIpc) is 2.69. The van der Waals surface area contributed by atoms with Gasteiger partial charge >= 0.3 is 0 Å². The zero-order valence-corrected chi connectivity index (χ0v) is 14.2. The maximum Gasteiger partial charge on any atom is 0.200 e. The molecule has 1 N–H and O–H groups in total. The largest absolute Gasteiger partial charge is 0.379 e. The molecular formula is C18H17F6N3. The standard InChI is InChI=1S/C18H17F6N3/c19-11-1-3-12(4-2-11)27-9-7-26(8-10-27)6-5-25-18-16(23)14(21)13(20)15(22)17(18)24/h1-4,25H,5-10H2. The SMILES string of the molecule is Fc1ccc(N2CCN(CCNc3c(F)c(F)c(F)c(F)c3F)CC2)cc1. The van der Waals surface area contributed by atoms with Crippen LogP contribution in [0.4, 0.5) is 37.7 Å². The van der Waals surface area contributed by atoms with Crippen LogP contribution < -0.4 is 10.2 Å². The Bertz CT molecular complexity index is 775. The van der Waals surface area contributed by atoms with Gasteiger partial charge in [-0.15, -0.1) is 0 Å². The minimum absolute atomic E-state index is 0.0227. The van der Waals surface area contributed by atoms with Gasteiger partial charge in [0.2, 0.25) is 5.82 Å². The maximum atomic E-state index is 13.6. The summed E-state index contributed by atoms with van der Waals surface area (Å²) in [6.07, 6.45) is 0. The summed E-state index contributed by atoms with van der Waals surface area (Å²) in [6.45, 7) is 3.04. The van der Waals surface area contributed by atoms with Crippen LogP contribution in [0.3, 0.4) is 0 Å². The lowest BCUT2D eigenvalue weighted by molar-refractivity contribution is 0.267. The van der Waals surface area contributed by atoms with Gasteiger partial charge in [-0.3, -0.25) is 4.90 Å². The summed E-state index contributed by atoms with van der Waals surface area (Å²) in [6, 6.07) is 6.15. The average molecular weight is 389 g/mol. The number of nitrogens with one attached hydrogen (secondary N) is 1. The lowest BCUT2D eigenvalue weighted by Crippen LogP contribution is -2.47. The third kappa shape index (κ3) is 4.13. The molecule has 1 fully saturated rings. The monoisotopic (exact) mass is 389 g/mol. The molecule has 146 valence electrons. The van der Waals surface area contributed by atoms with Crippen LogP contribution in [0.2, 0.25) is 0 Å². The first kappa shape index (κ1) is 19.3. The molecule has 1 aliphatic rings. The predicted molar refractivity (Wildman–Crippen MR) is 89.8 cm³/mol. The smallest absolute Gasteiger partial charge is 0.200 e. The van der Waals surface area contributed by atoms with E-state index in [0.29, 0.717) is 32.7 Å². The molecule has 1 heterocycles. The van der Waals surface area contributed by atoms with Gasteiger partial charge in [0.05, 0.1) is 0 Å². The van der Waals surface area contributed by atoms with Crippen LogP contribution in [0.5, 0.6) is 0 Å². The summed E-state index contributed by atoms with van der Waals surface area (Å²) in [5.41, 5.74) is -0.119. The van der Waals surface area contributed by atoms with Crippen molar-refractivity contribution in [2.75, 3.05) is 49.5 Å². The third-order valence-corrected chi connectivity index (χ3v) is 4.50. The minimum atomic E-state index is -2.17. The quantitative estimate of drug-likeness (QED) is 0.477. The summed E-state index contributed by atoms with van der Waals surface area (Å²) < 4.78 is 79.5. The Hall–Kier alpha value is -2.42. The highest BCUT2D eigenvalue weighted by Gasteiger charge is 2.25. The topological polar surface area (TPSA) is 18.5 Å². The van der Waals surface area contributed by atoms with Crippen LogP contribution in [0, 0.1) is 34.9 Å². The highest BCUT2D eigenvalue weighted by atomic mass is 19.2. The van der Waals surface area contributed by atoms with Gasteiger partial charge in [-0.1, -0.05) is 0 Å². The number of nitrogens with zero attached hydrogens (tertiary/aromatic N) is 2. The van der Waals surface area contributed by atoms with Crippen molar-refractivity contribution in [1.82, 2.24) is 4.90 Å². The highest BCUT2D eigenvalue weighted by Crippen LogP contribution is 2.27. The van der Waals surface area contributed by atoms with E-state index >= 15 is 0 Å². The molecule has 1 saturated heterocycles. The number of halogens is 6. The molecule has 0 aliphatic carbocycles. The maximum absolute atomic E-state index is 13.6. The predicted octanol–water partition coefficient (Wildman–Crippen LogP) is 3.76. The second-order valence-electron chi connectivity index (χ2n) is 6.18. The zero-order chi connectivity index (χ0) is 19.6. The molecule has 0 atom stereocenters. The van der Waals surface area contributed by atoms with Crippen molar-refractivity contribution >= 4 is 11.4 Å². The molecule has 3 nitrogen and oxygen atoms in total. The molecule has 0 amide bonds. The van der Waals surface area contributed by atoms with E-state index in [9.17, 15) is 26.3 Å². The van der Waals surface area contributed by atoms with Gasteiger partial charge in [0.1, 0.15) is 11.5 Å². The van der Waals surface area contributed by atoms with E-state index in [0.717, 1.165) is 5.69 Å². The van der Waals surface area contributed by atoms with Gasteiger partial charge in [-0.05, 0) is 24.3 Å². The third-order valence-electron chi connectivity index (χ3n) is 4.50. The Balaban J connectivity index is 1.52.